The summed E-state index contributed by atoms with van der Waals surface area (Å²) < 4.78 is 13.0. The molecule has 0 saturated carbocycles. The molecule has 0 unspecified atom stereocenters. The van der Waals surface area contributed by atoms with E-state index in [1.165, 1.54) is 0 Å². The van der Waals surface area contributed by atoms with E-state index in [2.05, 4.69) is 53.7 Å². The highest BCUT2D eigenvalue weighted by Gasteiger charge is 2.45. The maximum atomic E-state index is 10.3. The van der Waals surface area contributed by atoms with Gasteiger partial charge in [0.05, 0.1) is 18.3 Å². The average Bonchev–Trinajstić information content (AvgIpc) is 2.58. The van der Waals surface area contributed by atoms with Crippen LogP contribution in [-0.4, -0.2) is 32.2 Å². The number of aliphatic hydroxyl groups is 1. The van der Waals surface area contributed by atoms with Crippen LogP contribution in [0.2, 0.25) is 16.6 Å². The maximum absolute atomic E-state index is 10.3. The number of ether oxygens (including phenoxy) is 1. The largest absolute Gasteiger partial charge is 0.416 e. The smallest absolute Gasteiger partial charge is 0.200 e. The first-order chi connectivity index (χ1) is 12.3. The van der Waals surface area contributed by atoms with E-state index >= 15 is 0 Å². The zero-order chi connectivity index (χ0) is 19.3. The molecule has 1 aliphatic heterocycles. The summed E-state index contributed by atoms with van der Waals surface area (Å²) in [5.74, 6) is 0. The Labute approximate surface area is 161 Å². The van der Waals surface area contributed by atoms with Crippen molar-refractivity contribution in [2.24, 2.45) is 0 Å². The normalized spacial score (nSPS) is 24.6. The van der Waals surface area contributed by atoms with Crippen molar-refractivity contribution in [1.29, 1.82) is 0 Å². The van der Waals surface area contributed by atoms with Crippen LogP contribution in [0.3, 0.4) is 0 Å². The lowest BCUT2D eigenvalue weighted by molar-refractivity contribution is -0.103. The number of benzene rings is 1. The summed E-state index contributed by atoms with van der Waals surface area (Å²) in [7, 11) is -1.83. The maximum Gasteiger partial charge on any atom is 0.200 e. The lowest BCUT2D eigenvalue weighted by Crippen LogP contribution is -2.48. The zero-order valence-corrected chi connectivity index (χ0v) is 18.4. The minimum Gasteiger partial charge on any atom is -0.416 e. The van der Waals surface area contributed by atoms with Crippen molar-refractivity contribution in [2.45, 2.75) is 95.7 Å². The third-order valence-corrected chi connectivity index (χ3v) is 12.2. The summed E-state index contributed by atoms with van der Waals surface area (Å²) in [5.41, 5.74) is 2.94. The van der Waals surface area contributed by atoms with Crippen molar-refractivity contribution in [1.82, 2.24) is 0 Å². The number of hydrogen-bond acceptors (Lipinski definition) is 3. The van der Waals surface area contributed by atoms with Crippen LogP contribution in [0.15, 0.2) is 30.3 Å². The average molecular weight is 379 g/mol. The van der Waals surface area contributed by atoms with Crippen molar-refractivity contribution >= 4 is 8.32 Å². The van der Waals surface area contributed by atoms with Crippen LogP contribution in [-0.2, 0) is 9.16 Å². The van der Waals surface area contributed by atoms with Gasteiger partial charge in [0.1, 0.15) is 0 Å². The van der Waals surface area contributed by atoms with Gasteiger partial charge in [-0.15, -0.1) is 0 Å². The highest BCUT2D eigenvalue weighted by molar-refractivity contribution is 6.77. The molecule has 1 fully saturated rings. The Morgan fingerprint density at radius 3 is 2.12 bits per heavy atom. The van der Waals surface area contributed by atoms with Crippen LogP contribution < -0.4 is 0 Å². The number of hydrogen-bond donors (Lipinski definition) is 1. The van der Waals surface area contributed by atoms with Gasteiger partial charge >= 0.3 is 0 Å². The molecular formula is C22H38O3Si. The minimum absolute atomic E-state index is 0.00718. The van der Waals surface area contributed by atoms with E-state index in [0.29, 0.717) is 29.5 Å². The minimum atomic E-state index is -1.83. The predicted octanol–water partition coefficient (Wildman–Crippen LogP) is 5.85. The predicted molar refractivity (Wildman–Crippen MR) is 111 cm³/mol. The first kappa shape index (κ1) is 21.6. The molecule has 0 spiro atoms. The van der Waals surface area contributed by atoms with Gasteiger partial charge in [0.15, 0.2) is 8.32 Å². The summed E-state index contributed by atoms with van der Waals surface area (Å²) in [4.78, 5) is 0. The summed E-state index contributed by atoms with van der Waals surface area (Å²) in [6.45, 7) is 14.6. The van der Waals surface area contributed by atoms with Crippen molar-refractivity contribution in [2.75, 3.05) is 6.61 Å². The Hall–Kier alpha value is -0.683. The molecule has 26 heavy (non-hydrogen) atoms. The van der Waals surface area contributed by atoms with E-state index in [9.17, 15) is 5.11 Å². The molecule has 3 atom stereocenters. The summed E-state index contributed by atoms with van der Waals surface area (Å²) in [6.07, 6.45) is 2.04. The lowest BCUT2D eigenvalue weighted by Gasteiger charge is -2.42. The second-order valence-electron chi connectivity index (χ2n) is 8.74. The van der Waals surface area contributed by atoms with Crippen molar-refractivity contribution < 1.29 is 14.3 Å². The molecule has 0 bridgehead atoms. The van der Waals surface area contributed by atoms with Crippen molar-refractivity contribution in [3.63, 3.8) is 0 Å². The van der Waals surface area contributed by atoms with Gasteiger partial charge in [-0.3, -0.25) is 0 Å². The van der Waals surface area contributed by atoms with Crippen LogP contribution >= 0.6 is 0 Å². The fourth-order valence-electron chi connectivity index (χ4n) is 4.93. The molecule has 1 aliphatic rings. The topological polar surface area (TPSA) is 38.7 Å². The zero-order valence-electron chi connectivity index (χ0n) is 17.4. The fraction of sp³-hybridized carbons (Fsp3) is 0.727. The first-order valence-electron chi connectivity index (χ1n) is 10.3. The Morgan fingerprint density at radius 2 is 1.58 bits per heavy atom. The summed E-state index contributed by atoms with van der Waals surface area (Å²) in [5, 5.41) is 10.3. The van der Waals surface area contributed by atoms with Crippen molar-refractivity contribution in [3.05, 3.63) is 35.9 Å². The van der Waals surface area contributed by atoms with Gasteiger partial charge in [-0.25, -0.2) is 0 Å². The molecule has 1 aromatic rings. The first-order valence-corrected chi connectivity index (χ1v) is 12.4. The van der Waals surface area contributed by atoms with Gasteiger partial charge in [-0.2, -0.15) is 0 Å². The van der Waals surface area contributed by atoms with E-state index in [-0.39, 0.29) is 18.3 Å². The quantitative estimate of drug-likeness (QED) is 0.577. The number of aliphatic hydroxyl groups excluding tert-OH is 1. The van der Waals surface area contributed by atoms with Gasteiger partial charge in [0.2, 0.25) is 0 Å². The molecule has 1 N–H and O–H groups in total. The molecule has 1 heterocycles. The van der Waals surface area contributed by atoms with E-state index in [4.69, 9.17) is 9.16 Å². The van der Waals surface area contributed by atoms with Crippen LogP contribution in [0.4, 0.5) is 0 Å². The molecule has 0 amide bonds. The van der Waals surface area contributed by atoms with Gasteiger partial charge in [0, 0.05) is 13.0 Å². The lowest BCUT2D eigenvalue weighted by atomic mass is 9.95. The highest BCUT2D eigenvalue weighted by atomic mass is 28.4. The van der Waals surface area contributed by atoms with E-state index in [1.807, 2.05) is 18.2 Å². The Balaban J connectivity index is 1.97. The second-order valence-corrected chi connectivity index (χ2v) is 14.2. The third-order valence-electron chi connectivity index (χ3n) is 6.05. The molecule has 1 aromatic carbocycles. The van der Waals surface area contributed by atoms with E-state index in [1.54, 1.807) is 0 Å². The Kier molecular flexibility index (Phi) is 7.89. The molecule has 0 aliphatic carbocycles. The van der Waals surface area contributed by atoms with Gasteiger partial charge in [-0.1, -0.05) is 71.9 Å². The van der Waals surface area contributed by atoms with Crippen molar-refractivity contribution in [3.8, 4) is 0 Å². The Bertz CT molecular complexity index is 508. The third kappa shape index (κ3) is 4.97. The summed E-state index contributed by atoms with van der Waals surface area (Å²) >= 11 is 0. The van der Waals surface area contributed by atoms with Crippen LogP contribution in [0.5, 0.6) is 0 Å². The van der Waals surface area contributed by atoms with Crippen LogP contribution in [0.1, 0.15) is 72.5 Å². The molecule has 3 nitrogen and oxygen atoms in total. The Morgan fingerprint density at radius 1 is 1.00 bits per heavy atom. The van der Waals surface area contributed by atoms with E-state index in [0.717, 1.165) is 18.6 Å². The molecular weight excluding hydrogens is 340 g/mol. The van der Waals surface area contributed by atoms with Crippen LogP contribution in [0, 0.1) is 0 Å². The van der Waals surface area contributed by atoms with Gasteiger partial charge < -0.3 is 14.3 Å². The van der Waals surface area contributed by atoms with Gasteiger partial charge in [-0.05, 0) is 35.0 Å². The fourth-order valence-corrected chi connectivity index (χ4v) is 10.4. The van der Waals surface area contributed by atoms with Gasteiger partial charge in [0.25, 0.3) is 0 Å². The van der Waals surface area contributed by atoms with E-state index < -0.39 is 8.32 Å². The molecule has 0 radical (unpaired) electrons. The highest BCUT2D eigenvalue weighted by Crippen LogP contribution is 2.42. The summed E-state index contributed by atoms with van der Waals surface area (Å²) in [6, 6.07) is 10.3. The molecule has 4 heteroatoms. The molecule has 148 valence electrons. The SMILES string of the molecule is CC(C)[Si](OCC[C@@H]1C[C@H](O)C[C@@H](c2ccccc2)O1)(C(C)C)C(C)C. The molecule has 1 saturated heterocycles. The standard InChI is InChI=1S/C22H38O3Si/c1-16(2)26(17(3)4,18(5)6)24-13-12-21-14-20(23)15-22(25-21)19-10-8-7-9-11-19/h7-11,16-18,20-23H,12-15H2,1-6H3/t20-,21+,22-/m0/s1. The molecule has 0 aromatic heterocycles. The number of rotatable bonds is 8. The second kappa shape index (κ2) is 9.49. The monoisotopic (exact) mass is 378 g/mol. The molecule has 2 rings (SSSR count). The van der Waals surface area contributed by atoms with Crippen LogP contribution in [0.25, 0.3) is 0 Å².